The molecule has 17 heavy (non-hydrogen) atoms. The lowest BCUT2D eigenvalue weighted by molar-refractivity contribution is 0.434. The van der Waals surface area contributed by atoms with Crippen molar-refractivity contribution in [2.45, 2.75) is 30.6 Å². The van der Waals surface area contributed by atoms with Crippen molar-refractivity contribution >= 4 is 9.84 Å². The fraction of sp³-hybridized carbons (Fsp3) is 0.700. The first-order valence-electron chi connectivity index (χ1n) is 5.72. The number of rotatable bonds is 3. The molecular weight excluding hydrogens is 240 g/mol. The molecule has 0 amide bonds. The molecule has 0 radical (unpaired) electrons. The molecule has 1 aliphatic heterocycles. The van der Waals surface area contributed by atoms with Crippen molar-refractivity contribution in [3.05, 3.63) is 18.0 Å². The number of nitrogens with one attached hydrogen (secondary N) is 1. The largest absolute Gasteiger partial charge is 0.271 e. The molecule has 1 saturated heterocycles. The molecule has 96 valence electrons. The van der Waals surface area contributed by atoms with Crippen LogP contribution in [0.4, 0.5) is 0 Å². The van der Waals surface area contributed by atoms with Crippen molar-refractivity contribution in [2.75, 3.05) is 5.75 Å². The number of hydrogen-bond donors (Lipinski definition) is 2. The number of aromatic nitrogens is 2. The third-order valence-electron chi connectivity index (χ3n) is 3.36. The summed E-state index contributed by atoms with van der Waals surface area (Å²) in [5.74, 6) is 5.79. The van der Waals surface area contributed by atoms with Crippen LogP contribution in [0.15, 0.2) is 12.3 Å². The number of aryl methyl sites for hydroxylation is 1. The predicted molar refractivity (Wildman–Crippen MR) is 64.7 cm³/mol. The van der Waals surface area contributed by atoms with Gasteiger partial charge in [0, 0.05) is 13.2 Å². The molecule has 1 aromatic heterocycles. The highest BCUT2D eigenvalue weighted by Crippen LogP contribution is 2.29. The summed E-state index contributed by atoms with van der Waals surface area (Å²) in [5.41, 5.74) is 3.44. The van der Waals surface area contributed by atoms with Gasteiger partial charge in [-0.05, 0) is 18.9 Å². The minimum absolute atomic E-state index is 0.258. The second-order valence-corrected chi connectivity index (χ2v) is 6.76. The van der Waals surface area contributed by atoms with E-state index in [2.05, 4.69) is 10.5 Å². The molecule has 0 aromatic carbocycles. The summed E-state index contributed by atoms with van der Waals surface area (Å²) < 4.78 is 25.8. The molecule has 0 spiro atoms. The zero-order chi connectivity index (χ0) is 12.5. The Balaban J connectivity index is 2.33. The van der Waals surface area contributed by atoms with Crippen LogP contribution in [-0.4, -0.2) is 29.2 Å². The number of nitrogens with zero attached hydrogens (tertiary/aromatic N) is 2. The highest BCUT2D eigenvalue weighted by atomic mass is 32.2. The molecule has 2 unspecified atom stereocenters. The van der Waals surface area contributed by atoms with E-state index >= 15 is 0 Å². The fourth-order valence-electron chi connectivity index (χ4n) is 2.43. The maximum absolute atomic E-state index is 12.1. The Morgan fingerprint density at radius 2 is 2.35 bits per heavy atom. The van der Waals surface area contributed by atoms with Gasteiger partial charge in [0.2, 0.25) is 0 Å². The summed E-state index contributed by atoms with van der Waals surface area (Å²) in [5, 5.41) is 3.61. The molecule has 2 heterocycles. The van der Waals surface area contributed by atoms with Gasteiger partial charge in [-0.2, -0.15) is 5.10 Å². The first kappa shape index (κ1) is 12.5. The Labute approximate surface area is 101 Å². The minimum atomic E-state index is -3.06. The molecule has 2 atom stereocenters. The lowest BCUT2D eigenvalue weighted by Gasteiger charge is -2.29. The van der Waals surface area contributed by atoms with Crippen LogP contribution in [0, 0.1) is 0 Å². The Hall–Kier alpha value is -0.920. The second-order valence-electron chi connectivity index (χ2n) is 4.43. The highest BCUT2D eigenvalue weighted by Gasteiger charge is 2.37. The Morgan fingerprint density at radius 3 is 2.88 bits per heavy atom. The molecular formula is C10H18N4O2S. The fourth-order valence-corrected chi connectivity index (χ4v) is 4.49. The quantitative estimate of drug-likeness (QED) is 0.583. The lowest BCUT2D eigenvalue weighted by atomic mass is 10.0. The van der Waals surface area contributed by atoms with Crippen LogP contribution in [0.2, 0.25) is 0 Å². The molecule has 0 saturated carbocycles. The Kier molecular flexibility index (Phi) is 3.50. The maximum atomic E-state index is 12.1. The van der Waals surface area contributed by atoms with E-state index in [4.69, 9.17) is 5.84 Å². The van der Waals surface area contributed by atoms with Gasteiger partial charge in [-0.1, -0.05) is 6.42 Å². The summed E-state index contributed by atoms with van der Waals surface area (Å²) >= 11 is 0. The van der Waals surface area contributed by atoms with Gasteiger partial charge < -0.3 is 0 Å². The number of nitrogens with two attached hydrogens (primary N) is 1. The van der Waals surface area contributed by atoms with Crippen LogP contribution in [0.5, 0.6) is 0 Å². The van der Waals surface area contributed by atoms with Crippen LogP contribution in [0.3, 0.4) is 0 Å². The van der Waals surface area contributed by atoms with E-state index in [1.807, 2.05) is 0 Å². The van der Waals surface area contributed by atoms with E-state index in [1.165, 1.54) is 0 Å². The van der Waals surface area contributed by atoms with Crippen LogP contribution in [-0.2, 0) is 16.9 Å². The van der Waals surface area contributed by atoms with Crippen LogP contribution < -0.4 is 11.3 Å². The smallest absolute Gasteiger partial charge is 0.155 e. The third kappa shape index (κ3) is 2.36. The van der Waals surface area contributed by atoms with Crippen molar-refractivity contribution < 1.29 is 8.42 Å². The topological polar surface area (TPSA) is 90.0 Å². The molecule has 1 fully saturated rings. The van der Waals surface area contributed by atoms with Crippen LogP contribution >= 0.6 is 0 Å². The van der Waals surface area contributed by atoms with E-state index < -0.39 is 15.1 Å². The first-order chi connectivity index (χ1) is 8.06. The molecule has 1 aliphatic rings. The van der Waals surface area contributed by atoms with E-state index in [9.17, 15) is 8.42 Å². The normalized spacial score (nSPS) is 25.6. The zero-order valence-corrected chi connectivity index (χ0v) is 10.7. The van der Waals surface area contributed by atoms with Gasteiger partial charge in [-0.15, -0.1) is 0 Å². The van der Waals surface area contributed by atoms with Crippen molar-refractivity contribution in [3.8, 4) is 0 Å². The van der Waals surface area contributed by atoms with E-state index in [-0.39, 0.29) is 11.8 Å². The lowest BCUT2D eigenvalue weighted by Crippen LogP contribution is -2.44. The SMILES string of the molecule is Cn1nccc1C(NN)C1CCCCS1(=O)=O. The summed E-state index contributed by atoms with van der Waals surface area (Å²) in [7, 11) is -1.27. The molecule has 0 bridgehead atoms. The molecule has 1 aromatic rings. The van der Waals surface area contributed by atoms with Crippen molar-refractivity contribution in [1.29, 1.82) is 0 Å². The standard InChI is InChI=1S/C10H18N4O2S/c1-14-8(5-6-12-14)10(13-11)9-4-2-3-7-17(9,15)16/h5-6,9-10,13H,2-4,7,11H2,1H3. The minimum Gasteiger partial charge on any atom is -0.271 e. The first-order valence-corrected chi connectivity index (χ1v) is 7.43. The van der Waals surface area contributed by atoms with Crippen molar-refractivity contribution in [3.63, 3.8) is 0 Å². The van der Waals surface area contributed by atoms with Gasteiger partial charge in [0.25, 0.3) is 0 Å². The van der Waals surface area contributed by atoms with E-state index in [0.717, 1.165) is 18.5 Å². The van der Waals surface area contributed by atoms with Gasteiger partial charge in [-0.25, -0.2) is 8.42 Å². The highest BCUT2D eigenvalue weighted by molar-refractivity contribution is 7.92. The van der Waals surface area contributed by atoms with Gasteiger partial charge in [0.15, 0.2) is 9.84 Å². The van der Waals surface area contributed by atoms with Gasteiger partial charge in [0.1, 0.15) is 0 Å². The van der Waals surface area contributed by atoms with Crippen LogP contribution in [0.1, 0.15) is 31.0 Å². The molecule has 7 heteroatoms. The van der Waals surface area contributed by atoms with Gasteiger partial charge in [-0.3, -0.25) is 16.0 Å². The average molecular weight is 258 g/mol. The monoisotopic (exact) mass is 258 g/mol. The number of hydrazine groups is 1. The summed E-state index contributed by atoms with van der Waals surface area (Å²) in [6.45, 7) is 0. The zero-order valence-electron chi connectivity index (χ0n) is 9.83. The predicted octanol–water partition coefficient (Wildman–Crippen LogP) is -0.108. The van der Waals surface area contributed by atoms with E-state index in [1.54, 1.807) is 24.0 Å². The Morgan fingerprint density at radius 1 is 1.59 bits per heavy atom. The maximum Gasteiger partial charge on any atom is 0.155 e. The molecule has 0 aliphatic carbocycles. The number of sulfone groups is 1. The Bertz CT molecular complexity index is 482. The van der Waals surface area contributed by atoms with Crippen LogP contribution in [0.25, 0.3) is 0 Å². The average Bonchev–Trinajstić information content (AvgIpc) is 2.68. The van der Waals surface area contributed by atoms with Crippen molar-refractivity contribution in [2.24, 2.45) is 12.9 Å². The summed E-state index contributed by atoms with van der Waals surface area (Å²) in [4.78, 5) is 0. The third-order valence-corrected chi connectivity index (χ3v) is 5.65. The van der Waals surface area contributed by atoms with Gasteiger partial charge in [0.05, 0.1) is 22.7 Å². The molecule has 3 N–H and O–H groups in total. The van der Waals surface area contributed by atoms with E-state index in [0.29, 0.717) is 6.42 Å². The summed E-state index contributed by atoms with van der Waals surface area (Å²) in [6, 6.07) is 1.42. The van der Waals surface area contributed by atoms with Gasteiger partial charge >= 0.3 is 0 Å². The number of hydrogen-bond acceptors (Lipinski definition) is 5. The molecule has 2 rings (SSSR count). The molecule has 6 nitrogen and oxygen atoms in total. The van der Waals surface area contributed by atoms with Crippen molar-refractivity contribution in [1.82, 2.24) is 15.2 Å². The summed E-state index contributed by atoms with van der Waals surface area (Å²) in [6.07, 6.45) is 3.99. The second kappa shape index (κ2) is 4.75.